The van der Waals surface area contributed by atoms with Gasteiger partial charge in [0.1, 0.15) is 11.6 Å². The molecule has 1 aromatic carbocycles. The molecule has 2 aromatic rings. The highest BCUT2D eigenvalue weighted by Gasteiger charge is 2.08. The van der Waals surface area contributed by atoms with Crippen LogP contribution < -0.4 is 15.0 Å². The molecule has 0 aliphatic rings. The number of H-pyrrole nitrogens is 1. The first-order valence-electron chi connectivity index (χ1n) is 6.50. The standard InChI is InChI=1S/C16H15N3O3/c1-10-12(9-17)16(20)19-18-13(10)6-4-11-5-7-14(21-2)15(8-11)22-3/h4-8H,1-3H3,(H,19,20). The Morgan fingerprint density at radius 1 is 1.23 bits per heavy atom. The van der Waals surface area contributed by atoms with E-state index in [9.17, 15) is 4.79 Å². The van der Waals surface area contributed by atoms with Crippen LogP contribution in [-0.4, -0.2) is 24.4 Å². The fourth-order valence-corrected chi connectivity index (χ4v) is 1.98. The van der Waals surface area contributed by atoms with Crippen LogP contribution >= 0.6 is 0 Å². The summed E-state index contributed by atoms with van der Waals surface area (Å²) in [5.74, 6) is 1.26. The van der Waals surface area contributed by atoms with Gasteiger partial charge in [-0.05, 0) is 36.3 Å². The number of methoxy groups -OCH3 is 2. The number of nitriles is 1. The van der Waals surface area contributed by atoms with Crippen molar-refractivity contribution in [3.63, 3.8) is 0 Å². The first kappa shape index (κ1) is 15.3. The smallest absolute Gasteiger partial charge is 0.282 e. The summed E-state index contributed by atoms with van der Waals surface area (Å²) in [4.78, 5) is 11.5. The van der Waals surface area contributed by atoms with E-state index in [2.05, 4.69) is 10.2 Å². The van der Waals surface area contributed by atoms with E-state index in [0.29, 0.717) is 22.8 Å². The molecule has 0 spiro atoms. The van der Waals surface area contributed by atoms with Crippen LogP contribution in [0.1, 0.15) is 22.4 Å². The monoisotopic (exact) mass is 297 g/mol. The van der Waals surface area contributed by atoms with Gasteiger partial charge in [0.05, 0.1) is 19.9 Å². The maximum Gasteiger partial charge on any atom is 0.282 e. The average molecular weight is 297 g/mol. The van der Waals surface area contributed by atoms with Gasteiger partial charge in [-0.15, -0.1) is 0 Å². The van der Waals surface area contributed by atoms with Gasteiger partial charge >= 0.3 is 0 Å². The van der Waals surface area contributed by atoms with Crippen molar-refractivity contribution >= 4 is 12.2 Å². The van der Waals surface area contributed by atoms with Crippen molar-refractivity contribution in [2.75, 3.05) is 14.2 Å². The van der Waals surface area contributed by atoms with Gasteiger partial charge < -0.3 is 9.47 Å². The van der Waals surface area contributed by atoms with E-state index in [0.717, 1.165) is 5.56 Å². The summed E-state index contributed by atoms with van der Waals surface area (Å²) in [6.45, 7) is 1.69. The molecule has 1 N–H and O–H groups in total. The van der Waals surface area contributed by atoms with Crippen LogP contribution in [0.3, 0.4) is 0 Å². The maximum atomic E-state index is 11.5. The molecule has 0 amide bonds. The topological polar surface area (TPSA) is 88.0 Å². The van der Waals surface area contributed by atoms with Gasteiger partial charge in [0.15, 0.2) is 11.5 Å². The van der Waals surface area contributed by atoms with Crippen LogP contribution in [-0.2, 0) is 0 Å². The fourth-order valence-electron chi connectivity index (χ4n) is 1.98. The number of nitrogens with zero attached hydrogens (tertiary/aromatic N) is 2. The zero-order valence-electron chi connectivity index (χ0n) is 12.5. The summed E-state index contributed by atoms with van der Waals surface area (Å²) in [5.41, 5.74) is 1.54. The van der Waals surface area contributed by atoms with E-state index in [1.165, 1.54) is 0 Å². The van der Waals surface area contributed by atoms with Crippen molar-refractivity contribution in [3.05, 3.63) is 50.9 Å². The Hall–Kier alpha value is -3.07. The Morgan fingerprint density at radius 2 is 1.95 bits per heavy atom. The number of aromatic nitrogens is 2. The first-order valence-corrected chi connectivity index (χ1v) is 6.50. The Bertz CT molecular complexity index is 816. The van der Waals surface area contributed by atoms with E-state index in [1.54, 1.807) is 33.3 Å². The minimum Gasteiger partial charge on any atom is -0.493 e. The third-order valence-corrected chi connectivity index (χ3v) is 3.22. The molecule has 0 aliphatic heterocycles. The number of hydrogen-bond donors (Lipinski definition) is 1. The second-order valence-corrected chi connectivity index (χ2v) is 4.50. The number of hydrogen-bond acceptors (Lipinski definition) is 5. The molecule has 2 rings (SSSR count). The van der Waals surface area contributed by atoms with Gasteiger partial charge in [0.25, 0.3) is 5.56 Å². The molecule has 0 unspecified atom stereocenters. The highest BCUT2D eigenvalue weighted by Crippen LogP contribution is 2.28. The molecular formula is C16H15N3O3. The Labute approximate surface area is 127 Å². The van der Waals surface area contributed by atoms with Crippen LogP contribution in [0.25, 0.3) is 12.2 Å². The lowest BCUT2D eigenvalue weighted by Gasteiger charge is -2.07. The Kier molecular flexibility index (Phi) is 4.59. The van der Waals surface area contributed by atoms with Gasteiger partial charge in [-0.1, -0.05) is 12.1 Å². The van der Waals surface area contributed by atoms with Gasteiger partial charge in [-0.2, -0.15) is 10.4 Å². The number of benzene rings is 1. The summed E-state index contributed by atoms with van der Waals surface area (Å²) in [6, 6.07) is 7.37. The third kappa shape index (κ3) is 2.99. The maximum absolute atomic E-state index is 11.5. The number of nitrogens with one attached hydrogen (secondary N) is 1. The largest absolute Gasteiger partial charge is 0.493 e. The minimum absolute atomic E-state index is 0.0713. The number of rotatable bonds is 4. The van der Waals surface area contributed by atoms with Crippen molar-refractivity contribution in [2.24, 2.45) is 0 Å². The molecule has 1 aromatic heterocycles. The van der Waals surface area contributed by atoms with Crippen LogP contribution in [0.4, 0.5) is 0 Å². The predicted octanol–water partition coefficient (Wildman–Crippen LogP) is 2.14. The summed E-state index contributed by atoms with van der Waals surface area (Å²) in [7, 11) is 3.14. The van der Waals surface area contributed by atoms with Crippen molar-refractivity contribution in [3.8, 4) is 17.6 Å². The van der Waals surface area contributed by atoms with Gasteiger partial charge in [-0.3, -0.25) is 4.79 Å². The molecule has 0 aliphatic carbocycles. The lowest BCUT2D eigenvalue weighted by molar-refractivity contribution is 0.355. The quantitative estimate of drug-likeness (QED) is 0.934. The van der Waals surface area contributed by atoms with Gasteiger partial charge in [0.2, 0.25) is 0 Å². The molecule has 6 heteroatoms. The van der Waals surface area contributed by atoms with Crippen molar-refractivity contribution in [1.29, 1.82) is 5.26 Å². The average Bonchev–Trinajstić information content (AvgIpc) is 2.54. The molecule has 1 heterocycles. The highest BCUT2D eigenvalue weighted by atomic mass is 16.5. The molecule has 0 fully saturated rings. The Balaban J connectivity index is 2.38. The van der Waals surface area contributed by atoms with E-state index in [4.69, 9.17) is 14.7 Å². The van der Waals surface area contributed by atoms with Gasteiger partial charge in [-0.25, -0.2) is 5.10 Å². The third-order valence-electron chi connectivity index (χ3n) is 3.22. The van der Waals surface area contributed by atoms with Crippen molar-refractivity contribution in [1.82, 2.24) is 10.2 Å². The molecule has 0 radical (unpaired) electrons. The summed E-state index contributed by atoms with van der Waals surface area (Å²) >= 11 is 0. The van der Waals surface area contributed by atoms with Crippen LogP contribution in [0.2, 0.25) is 0 Å². The molecule has 0 bridgehead atoms. The summed E-state index contributed by atoms with van der Waals surface area (Å²) < 4.78 is 10.4. The zero-order valence-corrected chi connectivity index (χ0v) is 12.5. The molecule has 112 valence electrons. The van der Waals surface area contributed by atoms with Crippen molar-refractivity contribution in [2.45, 2.75) is 6.92 Å². The molecule has 22 heavy (non-hydrogen) atoms. The first-order chi connectivity index (χ1) is 10.6. The molecule has 0 saturated heterocycles. The molecule has 6 nitrogen and oxygen atoms in total. The highest BCUT2D eigenvalue weighted by molar-refractivity contribution is 5.71. The lowest BCUT2D eigenvalue weighted by atomic mass is 10.1. The predicted molar refractivity (Wildman–Crippen MR) is 82.8 cm³/mol. The fraction of sp³-hybridized carbons (Fsp3) is 0.188. The van der Waals surface area contributed by atoms with E-state index in [-0.39, 0.29) is 5.56 Å². The van der Waals surface area contributed by atoms with Crippen LogP contribution in [0.5, 0.6) is 11.5 Å². The lowest BCUT2D eigenvalue weighted by Crippen LogP contribution is -2.15. The van der Waals surface area contributed by atoms with Crippen molar-refractivity contribution < 1.29 is 9.47 Å². The zero-order chi connectivity index (χ0) is 16.1. The second-order valence-electron chi connectivity index (χ2n) is 4.50. The molecular weight excluding hydrogens is 282 g/mol. The van der Waals surface area contributed by atoms with Crippen LogP contribution in [0.15, 0.2) is 23.0 Å². The van der Waals surface area contributed by atoms with Gasteiger partial charge in [0, 0.05) is 0 Å². The van der Waals surface area contributed by atoms with Crippen LogP contribution in [0, 0.1) is 18.3 Å². The SMILES string of the molecule is COc1ccc(C=Cc2n[nH]c(=O)c(C#N)c2C)cc1OC. The number of ether oxygens (including phenoxy) is 2. The summed E-state index contributed by atoms with van der Waals surface area (Å²) in [6.07, 6.45) is 3.55. The molecule has 0 atom stereocenters. The number of aromatic amines is 1. The van der Waals surface area contributed by atoms with E-state index in [1.807, 2.05) is 24.3 Å². The normalized spacial score (nSPS) is 10.5. The van der Waals surface area contributed by atoms with E-state index < -0.39 is 5.56 Å². The minimum atomic E-state index is -0.483. The molecule has 0 saturated carbocycles. The Morgan fingerprint density at radius 3 is 2.59 bits per heavy atom. The van der Waals surface area contributed by atoms with E-state index >= 15 is 0 Å². The second kappa shape index (κ2) is 6.59. The summed E-state index contributed by atoms with van der Waals surface area (Å²) in [5, 5.41) is 15.2.